The minimum absolute atomic E-state index is 0.0674. The Hall–Kier alpha value is -2.40. The van der Waals surface area contributed by atoms with Crippen LogP contribution in [0.1, 0.15) is 36.7 Å². The Morgan fingerprint density at radius 2 is 2.24 bits per heavy atom. The zero-order chi connectivity index (χ0) is 20.4. The number of nitrogens with zero attached hydrogens (tertiary/aromatic N) is 3. The van der Waals surface area contributed by atoms with E-state index in [4.69, 9.17) is 9.84 Å². The largest absolute Gasteiger partial charge is 0.395 e. The van der Waals surface area contributed by atoms with Crippen molar-refractivity contribution in [2.24, 2.45) is 0 Å². The molecule has 152 valence electrons. The molecule has 0 bridgehead atoms. The van der Waals surface area contributed by atoms with E-state index in [1.54, 1.807) is 16.6 Å². The van der Waals surface area contributed by atoms with Gasteiger partial charge in [0.05, 0.1) is 31.0 Å². The molecular formula is C19H20N4O4S2. The summed E-state index contributed by atoms with van der Waals surface area (Å²) >= 11 is 2.62. The highest BCUT2D eigenvalue weighted by molar-refractivity contribution is 7.20. The van der Waals surface area contributed by atoms with Gasteiger partial charge in [-0.3, -0.25) is 9.59 Å². The van der Waals surface area contributed by atoms with Crippen molar-refractivity contribution in [1.82, 2.24) is 20.2 Å². The molecule has 1 unspecified atom stereocenters. The number of aryl methyl sites for hydroxylation is 1. The first-order chi connectivity index (χ1) is 14.1. The smallest absolute Gasteiger partial charge is 0.266 e. The molecule has 0 spiro atoms. The van der Waals surface area contributed by atoms with Crippen LogP contribution < -0.4 is 5.32 Å². The molecule has 8 nitrogen and oxygen atoms in total. The van der Waals surface area contributed by atoms with Gasteiger partial charge in [0.15, 0.2) is 0 Å². The van der Waals surface area contributed by atoms with Gasteiger partial charge >= 0.3 is 0 Å². The van der Waals surface area contributed by atoms with E-state index in [-0.39, 0.29) is 25.0 Å². The van der Waals surface area contributed by atoms with E-state index in [0.29, 0.717) is 29.5 Å². The summed E-state index contributed by atoms with van der Waals surface area (Å²) in [5.41, 5.74) is 3.13. The Labute approximate surface area is 175 Å². The summed E-state index contributed by atoms with van der Waals surface area (Å²) < 4.78 is 6.00. The summed E-state index contributed by atoms with van der Waals surface area (Å²) in [5.74, 6) is -0.343. The van der Waals surface area contributed by atoms with Gasteiger partial charge in [-0.15, -0.1) is 22.7 Å². The quantitative estimate of drug-likeness (QED) is 0.639. The number of carbonyl (C=O) groups is 2. The second-order valence-electron chi connectivity index (χ2n) is 6.56. The molecule has 1 atom stereocenters. The molecule has 0 radical (unpaired) electrons. The van der Waals surface area contributed by atoms with Crippen molar-refractivity contribution in [2.45, 2.75) is 13.0 Å². The van der Waals surface area contributed by atoms with Crippen LogP contribution in [0.5, 0.6) is 0 Å². The molecule has 2 amide bonds. The number of thiophene rings is 1. The van der Waals surface area contributed by atoms with Crippen LogP contribution in [-0.4, -0.2) is 64.6 Å². The molecule has 29 heavy (non-hydrogen) atoms. The number of aliphatic hydroxyl groups excluding tert-OH is 1. The summed E-state index contributed by atoms with van der Waals surface area (Å²) in [7, 11) is 0. The highest BCUT2D eigenvalue weighted by atomic mass is 32.1. The van der Waals surface area contributed by atoms with Crippen molar-refractivity contribution in [1.29, 1.82) is 0 Å². The van der Waals surface area contributed by atoms with Crippen molar-refractivity contribution in [2.75, 3.05) is 32.8 Å². The molecular weight excluding hydrogens is 412 g/mol. The number of aromatic nitrogens is 2. The third-order valence-corrected chi connectivity index (χ3v) is 6.77. The van der Waals surface area contributed by atoms with Gasteiger partial charge in [0.2, 0.25) is 0 Å². The van der Waals surface area contributed by atoms with E-state index in [0.717, 1.165) is 21.5 Å². The lowest BCUT2D eigenvalue weighted by Crippen LogP contribution is -2.42. The molecule has 0 aliphatic carbocycles. The fraction of sp³-hybridized carbons (Fsp3) is 0.368. The zero-order valence-electron chi connectivity index (χ0n) is 15.8. The minimum atomic E-state index is -0.436. The van der Waals surface area contributed by atoms with Crippen LogP contribution in [0, 0.1) is 6.92 Å². The Kier molecular flexibility index (Phi) is 5.86. The van der Waals surface area contributed by atoms with E-state index < -0.39 is 6.10 Å². The second-order valence-corrected chi connectivity index (χ2v) is 8.41. The number of hydrogen-bond donors (Lipinski definition) is 2. The van der Waals surface area contributed by atoms with Crippen molar-refractivity contribution in [3.63, 3.8) is 0 Å². The number of aliphatic hydroxyl groups is 1. The molecule has 0 aromatic carbocycles. The first-order valence-electron chi connectivity index (χ1n) is 9.17. The normalized spacial score (nSPS) is 16.9. The van der Waals surface area contributed by atoms with Gasteiger partial charge in [-0.1, -0.05) is 6.07 Å². The average Bonchev–Trinajstić information content (AvgIpc) is 3.35. The molecule has 10 heteroatoms. The lowest BCUT2D eigenvalue weighted by molar-refractivity contribution is -0.0221. The number of morpholine rings is 1. The first-order valence-corrected chi connectivity index (χ1v) is 10.9. The number of nitrogens with one attached hydrogen (secondary N) is 1. The maximum atomic E-state index is 12.9. The van der Waals surface area contributed by atoms with Crippen LogP contribution in [0.15, 0.2) is 23.8 Å². The Morgan fingerprint density at radius 3 is 3.00 bits per heavy atom. The molecule has 4 heterocycles. The van der Waals surface area contributed by atoms with Crippen molar-refractivity contribution in [3.8, 4) is 0 Å². The molecule has 1 saturated heterocycles. The Balaban J connectivity index is 1.67. The van der Waals surface area contributed by atoms with Gasteiger partial charge in [-0.2, -0.15) is 0 Å². The standard InChI is InChI=1S/C19H20N4O4S2/c1-11-15(28-10-22-11)19(26)23-6-8-27-13(9-23)14-12-3-2-4-21-18(12)29-16(14)17(25)20-5-7-24/h2-4,10,13,24H,5-9H2,1H3,(H,20,25). The van der Waals surface area contributed by atoms with Crippen LogP contribution in [0.3, 0.4) is 0 Å². The predicted molar refractivity (Wildman–Crippen MR) is 110 cm³/mol. The van der Waals surface area contributed by atoms with Crippen LogP contribution in [0.25, 0.3) is 10.2 Å². The van der Waals surface area contributed by atoms with Crippen molar-refractivity contribution >= 4 is 44.7 Å². The Bertz CT molecular complexity index is 1050. The monoisotopic (exact) mass is 432 g/mol. The van der Waals surface area contributed by atoms with Crippen molar-refractivity contribution in [3.05, 3.63) is 44.9 Å². The third kappa shape index (κ3) is 3.88. The highest BCUT2D eigenvalue weighted by Gasteiger charge is 2.32. The van der Waals surface area contributed by atoms with Crippen LogP contribution in [0.2, 0.25) is 0 Å². The number of hydrogen-bond acceptors (Lipinski definition) is 8. The van der Waals surface area contributed by atoms with Crippen molar-refractivity contribution < 1.29 is 19.4 Å². The Morgan fingerprint density at radius 1 is 1.38 bits per heavy atom. The van der Waals surface area contributed by atoms with E-state index in [9.17, 15) is 9.59 Å². The van der Waals surface area contributed by atoms with Gasteiger partial charge < -0.3 is 20.1 Å². The molecule has 3 aromatic rings. The number of rotatable bonds is 5. The van der Waals surface area contributed by atoms with Gasteiger partial charge in [0, 0.05) is 30.2 Å². The van der Waals surface area contributed by atoms with Crippen LogP contribution in [-0.2, 0) is 4.74 Å². The van der Waals surface area contributed by atoms with Crippen LogP contribution >= 0.6 is 22.7 Å². The van der Waals surface area contributed by atoms with Crippen LogP contribution in [0.4, 0.5) is 0 Å². The summed E-state index contributed by atoms with van der Waals surface area (Å²) in [6, 6.07) is 3.73. The lowest BCUT2D eigenvalue weighted by atomic mass is 10.0. The number of ether oxygens (including phenoxy) is 1. The van der Waals surface area contributed by atoms with E-state index in [1.807, 2.05) is 19.1 Å². The minimum Gasteiger partial charge on any atom is -0.395 e. The van der Waals surface area contributed by atoms with E-state index in [2.05, 4.69) is 15.3 Å². The summed E-state index contributed by atoms with van der Waals surface area (Å²) in [4.78, 5) is 37.8. The van der Waals surface area contributed by atoms with Gasteiger partial charge in [0.25, 0.3) is 11.8 Å². The fourth-order valence-electron chi connectivity index (χ4n) is 3.35. The van der Waals surface area contributed by atoms with Gasteiger partial charge in [0.1, 0.15) is 20.7 Å². The molecule has 1 aliphatic heterocycles. The summed E-state index contributed by atoms with van der Waals surface area (Å²) in [6.07, 6.45) is 1.25. The molecule has 1 fully saturated rings. The molecule has 3 aromatic heterocycles. The fourth-order valence-corrected chi connectivity index (χ4v) is 5.23. The first kappa shape index (κ1) is 19.9. The van der Waals surface area contributed by atoms with Gasteiger partial charge in [-0.25, -0.2) is 9.97 Å². The maximum absolute atomic E-state index is 12.9. The summed E-state index contributed by atoms with van der Waals surface area (Å²) in [6.45, 7) is 3.06. The lowest BCUT2D eigenvalue weighted by Gasteiger charge is -2.33. The zero-order valence-corrected chi connectivity index (χ0v) is 17.4. The number of fused-ring (bicyclic) bond motifs is 1. The average molecular weight is 433 g/mol. The van der Waals surface area contributed by atoms with E-state index in [1.165, 1.54) is 22.7 Å². The number of carbonyl (C=O) groups excluding carboxylic acids is 2. The molecule has 2 N–H and O–H groups in total. The maximum Gasteiger partial charge on any atom is 0.266 e. The number of amides is 2. The molecule has 1 aliphatic rings. The number of thiazole rings is 1. The van der Waals surface area contributed by atoms with E-state index >= 15 is 0 Å². The molecule has 4 rings (SSSR count). The predicted octanol–water partition coefficient (Wildman–Crippen LogP) is 2.00. The summed E-state index contributed by atoms with van der Waals surface area (Å²) in [5, 5.41) is 12.6. The SMILES string of the molecule is Cc1ncsc1C(=O)N1CCOC(c2c(C(=O)NCCO)sc3ncccc23)C1. The van der Waals surface area contributed by atoms with Gasteiger partial charge in [-0.05, 0) is 13.0 Å². The second kappa shape index (κ2) is 8.54. The topological polar surface area (TPSA) is 105 Å². The third-order valence-electron chi connectivity index (χ3n) is 4.72. The number of pyridine rings is 1. The molecule has 0 saturated carbocycles. The highest BCUT2D eigenvalue weighted by Crippen LogP contribution is 2.37.